The number of nitrogens with zero attached hydrogens (tertiary/aromatic N) is 4. The highest BCUT2D eigenvalue weighted by Crippen LogP contribution is 2.38. The number of sulfonamides is 1. The van der Waals surface area contributed by atoms with Crippen LogP contribution in [0.15, 0.2) is 17.3 Å². The minimum atomic E-state index is -3.69. The van der Waals surface area contributed by atoms with Gasteiger partial charge in [0, 0.05) is 49.3 Å². The van der Waals surface area contributed by atoms with Crippen molar-refractivity contribution in [3.63, 3.8) is 0 Å². The van der Waals surface area contributed by atoms with E-state index in [0.717, 1.165) is 24.2 Å². The van der Waals surface area contributed by atoms with Crippen molar-refractivity contribution in [1.29, 1.82) is 0 Å². The van der Waals surface area contributed by atoms with Crippen LogP contribution < -0.4 is 0 Å². The largest absolute Gasteiger partial charge is 0.457 e. The fraction of sp³-hybridized carbons (Fsp3) is 0.591. The highest BCUT2D eigenvalue weighted by atomic mass is 32.2. The summed E-state index contributed by atoms with van der Waals surface area (Å²) >= 11 is 0. The summed E-state index contributed by atoms with van der Waals surface area (Å²) in [5, 5.41) is 0.0212. The number of piperidine rings is 1. The fourth-order valence-corrected chi connectivity index (χ4v) is 5.90. The molecule has 0 radical (unpaired) electrons. The van der Waals surface area contributed by atoms with Gasteiger partial charge in [0.2, 0.25) is 5.78 Å². The fourth-order valence-electron chi connectivity index (χ4n) is 4.40. The van der Waals surface area contributed by atoms with Gasteiger partial charge in [-0.1, -0.05) is 0 Å². The topological polar surface area (TPSA) is 104 Å². The van der Waals surface area contributed by atoms with Crippen LogP contribution in [0.25, 0.3) is 0 Å². The van der Waals surface area contributed by atoms with Gasteiger partial charge >= 0.3 is 5.97 Å². The number of Topliss-reactive ketones (excluding diaryl/α,β-unsaturated/α-hetero) is 1. The van der Waals surface area contributed by atoms with Gasteiger partial charge in [-0.3, -0.25) is 9.59 Å². The van der Waals surface area contributed by atoms with E-state index in [1.165, 1.54) is 10.5 Å². The SMILES string of the molecule is Cc1nc(S(=O)(=O)N2CCC(C(=O)OCC(=O)c3cc(C)n(C4CC4)c3C)CC2)cn1C. The standard InChI is InChI=1S/C22H30N4O5S/c1-14-11-19(15(2)26(14)18-5-6-18)20(27)13-31-22(28)17-7-9-25(10-8-17)32(29,30)21-12-24(4)16(3)23-21/h11-12,17-18H,5-10,13H2,1-4H3. The molecule has 2 aliphatic rings. The Morgan fingerprint density at radius 1 is 1.12 bits per heavy atom. The third-order valence-corrected chi connectivity index (χ3v) is 8.29. The van der Waals surface area contributed by atoms with Gasteiger partial charge in [0.05, 0.1) is 5.92 Å². The van der Waals surface area contributed by atoms with E-state index in [4.69, 9.17) is 4.74 Å². The predicted octanol–water partition coefficient (Wildman–Crippen LogP) is 2.31. The van der Waals surface area contributed by atoms with Crippen LogP contribution in [0.4, 0.5) is 0 Å². The Hall–Kier alpha value is -2.46. The molecule has 1 aliphatic carbocycles. The van der Waals surface area contributed by atoms with E-state index >= 15 is 0 Å². The number of carbonyl (C=O) groups is 2. The van der Waals surface area contributed by atoms with Gasteiger partial charge in [-0.15, -0.1) is 0 Å². The number of hydrogen-bond donors (Lipinski definition) is 0. The van der Waals surface area contributed by atoms with Gasteiger partial charge in [0.15, 0.2) is 11.6 Å². The second-order valence-corrected chi connectivity index (χ2v) is 10.7. The van der Waals surface area contributed by atoms with Crippen LogP contribution in [0.3, 0.4) is 0 Å². The van der Waals surface area contributed by atoms with Crippen molar-refractivity contribution in [1.82, 2.24) is 18.4 Å². The summed E-state index contributed by atoms with van der Waals surface area (Å²) < 4.78 is 36.1. The summed E-state index contributed by atoms with van der Waals surface area (Å²) in [6.45, 7) is 5.80. The van der Waals surface area contributed by atoms with Gasteiger partial charge < -0.3 is 13.9 Å². The number of ketones is 1. The van der Waals surface area contributed by atoms with Gasteiger partial charge in [0.1, 0.15) is 5.82 Å². The Morgan fingerprint density at radius 3 is 2.34 bits per heavy atom. The third kappa shape index (κ3) is 4.25. The zero-order chi connectivity index (χ0) is 23.2. The zero-order valence-electron chi connectivity index (χ0n) is 19.0. The quantitative estimate of drug-likeness (QED) is 0.462. The van der Waals surface area contributed by atoms with E-state index in [-0.39, 0.29) is 30.5 Å². The molecule has 0 amide bonds. The van der Waals surface area contributed by atoms with Crippen LogP contribution in [0.5, 0.6) is 0 Å². The lowest BCUT2D eigenvalue weighted by atomic mass is 9.98. The normalized spacial score (nSPS) is 18.1. The van der Waals surface area contributed by atoms with Crippen LogP contribution >= 0.6 is 0 Å². The van der Waals surface area contributed by atoms with Crippen molar-refractivity contribution in [2.75, 3.05) is 19.7 Å². The highest BCUT2D eigenvalue weighted by molar-refractivity contribution is 7.89. The molecule has 2 aromatic rings. The molecule has 2 fully saturated rings. The lowest BCUT2D eigenvalue weighted by molar-refractivity contribution is -0.148. The summed E-state index contributed by atoms with van der Waals surface area (Å²) in [6.07, 6.45) is 4.47. The molecule has 32 heavy (non-hydrogen) atoms. The Morgan fingerprint density at radius 2 is 1.78 bits per heavy atom. The van der Waals surface area contributed by atoms with Crippen molar-refractivity contribution < 1.29 is 22.7 Å². The first-order valence-electron chi connectivity index (χ1n) is 11.0. The van der Waals surface area contributed by atoms with Gasteiger partial charge in [-0.25, -0.2) is 13.4 Å². The van der Waals surface area contributed by atoms with Crippen LogP contribution in [0.1, 0.15) is 59.3 Å². The van der Waals surface area contributed by atoms with Crippen LogP contribution in [-0.4, -0.2) is 58.3 Å². The number of carbonyl (C=O) groups excluding carboxylic acids is 2. The smallest absolute Gasteiger partial charge is 0.309 e. The molecule has 1 saturated heterocycles. The van der Waals surface area contributed by atoms with E-state index < -0.39 is 21.9 Å². The highest BCUT2D eigenvalue weighted by Gasteiger charge is 2.34. The first-order chi connectivity index (χ1) is 15.1. The van der Waals surface area contributed by atoms with E-state index in [0.29, 0.717) is 30.3 Å². The Bertz CT molecular complexity index is 1130. The molecule has 9 nitrogen and oxygen atoms in total. The number of rotatable bonds is 7. The third-order valence-electron chi connectivity index (χ3n) is 6.52. The molecule has 0 atom stereocenters. The minimum absolute atomic E-state index is 0.0212. The second kappa shape index (κ2) is 8.47. The maximum Gasteiger partial charge on any atom is 0.309 e. The summed E-state index contributed by atoms with van der Waals surface area (Å²) in [6, 6.07) is 2.35. The minimum Gasteiger partial charge on any atom is -0.457 e. The maximum absolute atomic E-state index is 12.8. The molecular weight excluding hydrogens is 432 g/mol. The maximum atomic E-state index is 12.8. The molecule has 0 N–H and O–H groups in total. The lowest BCUT2D eigenvalue weighted by Gasteiger charge is -2.29. The number of ether oxygens (including phenoxy) is 1. The molecule has 1 aliphatic heterocycles. The summed E-state index contributed by atoms with van der Waals surface area (Å²) in [7, 11) is -1.95. The lowest BCUT2D eigenvalue weighted by Crippen LogP contribution is -2.41. The summed E-state index contributed by atoms with van der Waals surface area (Å²) in [4.78, 5) is 29.3. The molecule has 0 unspecified atom stereocenters. The summed E-state index contributed by atoms with van der Waals surface area (Å²) in [5.41, 5.74) is 2.58. The molecule has 174 valence electrons. The molecule has 3 heterocycles. The van der Waals surface area contributed by atoms with Gasteiger partial charge in [-0.05, 0) is 52.5 Å². The van der Waals surface area contributed by atoms with Crippen molar-refractivity contribution >= 4 is 21.8 Å². The molecule has 0 spiro atoms. The number of aryl methyl sites for hydroxylation is 3. The predicted molar refractivity (Wildman–Crippen MR) is 117 cm³/mol. The first-order valence-corrected chi connectivity index (χ1v) is 12.4. The van der Waals surface area contributed by atoms with Crippen LogP contribution in [0.2, 0.25) is 0 Å². The Labute approximate surface area is 188 Å². The van der Waals surface area contributed by atoms with Crippen molar-refractivity contribution in [2.45, 2.75) is 57.5 Å². The van der Waals surface area contributed by atoms with E-state index in [9.17, 15) is 18.0 Å². The van der Waals surface area contributed by atoms with E-state index in [2.05, 4.69) is 9.55 Å². The van der Waals surface area contributed by atoms with Crippen LogP contribution in [0, 0.1) is 26.7 Å². The number of hydrogen-bond acceptors (Lipinski definition) is 6. The van der Waals surface area contributed by atoms with Crippen molar-refractivity contribution in [3.8, 4) is 0 Å². The first kappa shape index (κ1) is 22.7. The number of aromatic nitrogens is 3. The molecule has 2 aromatic heterocycles. The molecule has 1 saturated carbocycles. The van der Waals surface area contributed by atoms with E-state index in [1.807, 2.05) is 19.9 Å². The zero-order valence-corrected chi connectivity index (χ0v) is 19.8. The molecular formula is C22H30N4O5S. The monoisotopic (exact) mass is 462 g/mol. The molecule has 0 bridgehead atoms. The second-order valence-electron chi connectivity index (χ2n) is 8.83. The number of esters is 1. The van der Waals surface area contributed by atoms with Crippen LogP contribution in [-0.2, 0) is 26.6 Å². The average Bonchev–Trinajstić information content (AvgIpc) is 3.47. The summed E-state index contributed by atoms with van der Waals surface area (Å²) in [5.74, 6) is -0.452. The molecule has 0 aromatic carbocycles. The Balaban J connectivity index is 1.31. The molecule has 10 heteroatoms. The Kier molecular flexibility index (Phi) is 6.02. The van der Waals surface area contributed by atoms with Crippen molar-refractivity contribution in [2.24, 2.45) is 13.0 Å². The van der Waals surface area contributed by atoms with Gasteiger partial charge in [0.25, 0.3) is 10.0 Å². The number of imidazole rings is 1. The average molecular weight is 463 g/mol. The van der Waals surface area contributed by atoms with E-state index in [1.54, 1.807) is 18.5 Å². The van der Waals surface area contributed by atoms with Crippen molar-refractivity contribution in [3.05, 3.63) is 35.0 Å². The molecule has 4 rings (SSSR count). The van der Waals surface area contributed by atoms with Gasteiger partial charge in [-0.2, -0.15) is 4.31 Å².